The van der Waals surface area contributed by atoms with E-state index >= 15 is 0 Å². The molecule has 0 radical (unpaired) electrons. The quantitative estimate of drug-likeness (QED) is 0.120. The van der Waals surface area contributed by atoms with Gasteiger partial charge in [0.2, 0.25) is 0 Å². The molecule has 21 nitrogen and oxygen atoms in total. The Labute approximate surface area is 304 Å². The minimum absolute atomic E-state index is 0.0923. The molecule has 0 aliphatic carbocycles. The van der Waals surface area contributed by atoms with Crippen molar-refractivity contribution in [3.8, 4) is 0 Å². The molecule has 0 bridgehead atoms. The van der Waals surface area contributed by atoms with Gasteiger partial charge in [0, 0.05) is 62.3 Å². The van der Waals surface area contributed by atoms with E-state index in [2.05, 4.69) is 11.7 Å². The van der Waals surface area contributed by atoms with Crippen LogP contribution in [-0.4, -0.2) is 125 Å². The van der Waals surface area contributed by atoms with E-state index in [1.54, 1.807) is 13.8 Å². The van der Waals surface area contributed by atoms with Gasteiger partial charge in [-0.05, 0) is 20.3 Å². The molecular formula is C31H62O21. The third-order valence-corrected chi connectivity index (χ3v) is 2.59. The van der Waals surface area contributed by atoms with Gasteiger partial charge < -0.3 is 55.4 Å². The number of carboxylic acids is 8. The Morgan fingerprint density at radius 3 is 0.788 bits per heavy atom. The Morgan fingerprint density at radius 2 is 0.654 bits per heavy atom. The van der Waals surface area contributed by atoms with Crippen LogP contribution in [0.2, 0.25) is 0 Å². The summed E-state index contributed by atoms with van der Waals surface area (Å²) in [7, 11) is 0. The van der Waals surface area contributed by atoms with Crippen molar-refractivity contribution in [1.29, 1.82) is 0 Å². The zero-order valence-electron chi connectivity index (χ0n) is 32.2. The van der Waals surface area contributed by atoms with Crippen molar-refractivity contribution < 1.29 is 103 Å². The second-order valence-electron chi connectivity index (χ2n) is 8.56. The topological polar surface area (TPSA) is 371 Å². The first-order valence-corrected chi connectivity index (χ1v) is 14.9. The summed E-state index contributed by atoms with van der Waals surface area (Å²) in [6, 6.07) is 0. The van der Waals surface area contributed by atoms with Crippen LogP contribution in [0.4, 0.5) is 0 Å². The minimum atomic E-state index is -0.833. The van der Waals surface area contributed by atoms with Crippen LogP contribution in [0.15, 0.2) is 0 Å². The Morgan fingerprint density at radius 1 is 0.423 bits per heavy atom. The standard InChI is InChI=1S/C11H22O3.C4H8O2.8C2H4O2/c1-3-5-6-7-8-10(9-12)11(13)14-4-2;1-3-6-4(2)5;8*1-2(3)4/h10,12H,3-9H2,1-2H3;3H2,1-2H3;8*1H3,(H,3,4). The molecule has 0 spiro atoms. The highest BCUT2D eigenvalue weighted by Gasteiger charge is 2.17. The van der Waals surface area contributed by atoms with Crippen LogP contribution in [0.3, 0.4) is 0 Å². The fraction of sp³-hybridized carbons (Fsp3) is 0.677. The number of unbranched alkanes of at least 4 members (excludes halogenated alkanes) is 3. The van der Waals surface area contributed by atoms with Crippen molar-refractivity contribution in [1.82, 2.24) is 0 Å². The van der Waals surface area contributed by atoms with Gasteiger partial charge in [-0.2, -0.15) is 0 Å². The van der Waals surface area contributed by atoms with Crippen molar-refractivity contribution in [2.75, 3.05) is 19.8 Å². The van der Waals surface area contributed by atoms with Crippen LogP contribution in [0.25, 0.3) is 0 Å². The molecule has 0 saturated heterocycles. The smallest absolute Gasteiger partial charge is 0.311 e. The Hall–Kier alpha value is -5.34. The molecule has 0 fully saturated rings. The van der Waals surface area contributed by atoms with Crippen LogP contribution in [0.1, 0.15) is 115 Å². The number of rotatable bonds is 9. The molecule has 0 rings (SSSR count). The Balaban J connectivity index is -0.0000000499. The summed E-state index contributed by atoms with van der Waals surface area (Å²) in [5, 5.41) is 68.3. The molecule has 0 amide bonds. The first-order chi connectivity index (χ1) is 23.4. The monoisotopic (exact) mass is 770 g/mol. The lowest BCUT2D eigenvalue weighted by atomic mass is 10.0. The highest BCUT2D eigenvalue weighted by Crippen LogP contribution is 2.12. The molecule has 0 aliphatic rings. The number of aliphatic carboxylic acids is 8. The third-order valence-electron chi connectivity index (χ3n) is 2.59. The van der Waals surface area contributed by atoms with E-state index in [1.807, 2.05) is 0 Å². The van der Waals surface area contributed by atoms with E-state index in [9.17, 15) is 9.59 Å². The van der Waals surface area contributed by atoms with E-state index in [0.29, 0.717) is 13.2 Å². The van der Waals surface area contributed by atoms with Crippen LogP contribution >= 0.6 is 0 Å². The molecule has 1 atom stereocenters. The summed E-state index contributed by atoms with van der Waals surface area (Å²) in [6.07, 6.45) is 5.25. The van der Waals surface area contributed by atoms with E-state index in [-0.39, 0.29) is 24.5 Å². The maximum Gasteiger partial charge on any atom is 0.311 e. The number of hydrogen-bond donors (Lipinski definition) is 9. The molecule has 21 heteroatoms. The summed E-state index contributed by atoms with van der Waals surface area (Å²) in [4.78, 5) is 93.1. The second kappa shape index (κ2) is 64.2. The Kier molecular flexibility index (Phi) is 89.4. The third kappa shape index (κ3) is 531. The van der Waals surface area contributed by atoms with Gasteiger partial charge in [-0.25, -0.2) is 0 Å². The molecular weight excluding hydrogens is 708 g/mol. The number of ether oxygens (including phenoxy) is 2. The fourth-order valence-corrected chi connectivity index (χ4v) is 1.56. The molecule has 0 aromatic carbocycles. The average molecular weight is 771 g/mol. The van der Waals surface area contributed by atoms with Gasteiger partial charge in [-0.15, -0.1) is 0 Å². The van der Waals surface area contributed by atoms with Gasteiger partial charge in [0.15, 0.2) is 0 Å². The molecule has 0 saturated carbocycles. The normalized spacial score (nSPS) is 8.10. The number of aliphatic hydroxyl groups is 1. The van der Waals surface area contributed by atoms with E-state index in [4.69, 9.17) is 89.1 Å². The molecule has 0 aliphatic heterocycles. The zero-order valence-corrected chi connectivity index (χ0v) is 32.2. The number of hydrogen-bond acceptors (Lipinski definition) is 13. The van der Waals surface area contributed by atoms with Crippen LogP contribution in [0, 0.1) is 5.92 Å². The lowest BCUT2D eigenvalue weighted by molar-refractivity contribution is -0.150. The molecule has 9 N–H and O–H groups in total. The van der Waals surface area contributed by atoms with Gasteiger partial charge in [-0.1, -0.05) is 32.6 Å². The second-order valence-corrected chi connectivity index (χ2v) is 8.56. The minimum Gasteiger partial charge on any atom is -0.481 e. The predicted molar refractivity (Wildman–Crippen MR) is 185 cm³/mol. The maximum atomic E-state index is 11.3. The first-order valence-electron chi connectivity index (χ1n) is 14.9. The average Bonchev–Trinajstić information content (AvgIpc) is 2.86. The zero-order chi connectivity index (χ0) is 44.4. The van der Waals surface area contributed by atoms with Crippen molar-refractivity contribution in [2.45, 2.75) is 115 Å². The highest BCUT2D eigenvalue weighted by atomic mass is 16.5. The fourth-order valence-electron chi connectivity index (χ4n) is 1.56. The lowest BCUT2D eigenvalue weighted by Gasteiger charge is -2.12. The molecule has 0 heterocycles. The number of esters is 2. The van der Waals surface area contributed by atoms with Gasteiger partial charge in [0.25, 0.3) is 47.8 Å². The number of aliphatic hydroxyl groups excluding tert-OH is 1. The van der Waals surface area contributed by atoms with E-state index in [0.717, 1.165) is 74.7 Å². The van der Waals surface area contributed by atoms with Gasteiger partial charge in [0.05, 0.1) is 25.7 Å². The number of carbonyl (C=O) groups is 10. The highest BCUT2D eigenvalue weighted by molar-refractivity contribution is 5.72. The van der Waals surface area contributed by atoms with E-state index in [1.165, 1.54) is 19.8 Å². The largest absolute Gasteiger partial charge is 0.481 e. The summed E-state index contributed by atoms with van der Waals surface area (Å²) >= 11 is 0. The molecule has 52 heavy (non-hydrogen) atoms. The van der Waals surface area contributed by atoms with Crippen LogP contribution in [-0.2, 0) is 57.4 Å². The first kappa shape index (κ1) is 72.4. The maximum absolute atomic E-state index is 11.3. The number of carboxylic acid groups (broad SMARTS) is 8. The molecule has 312 valence electrons. The van der Waals surface area contributed by atoms with Gasteiger partial charge in [0.1, 0.15) is 0 Å². The summed E-state index contributed by atoms with van der Waals surface area (Å²) in [5.74, 6) is -7.45. The summed E-state index contributed by atoms with van der Waals surface area (Å²) < 4.78 is 9.26. The van der Waals surface area contributed by atoms with Crippen molar-refractivity contribution >= 4 is 59.7 Å². The summed E-state index contributed by atoms with van der Waals surface area (Å²) in [5.41, 5.74) is 0. The van der Waals surface area contributed by atoms with E-state index < -0.39 is 47.8 Å². The van der Waals surface area contributed by atoms with Gasteiger partial charge >= 0.3 is 11.9 Å². The summed E-state index contributed by atoms with van der Waals surface area (Å²) in [6.45, 7) is 16.5. The predicted octanol–water partition coefficient (Wildman–Crippen LogP) is 3.43. The molecule has 0 aromatic rings. The van der Waals surface area contributed by atoms with Crippen molar-refractivity contribution in [3.05, 3.63) is 0 Å². The molecule has 1 unspecified atom stereocenters. The lowest BCUT2D eigenvalue weighted by Crippen LogP contribution is -2.21. The number of carbonyl (C=O) groups excluding carboxylic acids is 2. The Bertz CT molecular complexity index is 738. The van der Waals surface area contributed by atoms with Gasteiger partial charge in [-0.3, -0.25) is 47.9 Å². The van der Waals surface area contributed by atoms with Crippen molar-refractivity contribution in [2.24, 2.45) is 5.92 Å². The van der Waals surface area contributed by atoms with Crippen LogP contribution in [0.5, 0.6) is 0 Å². The SMILES string of the molecule is CC(=O)O.CC(=O)O.CC(=O)O.CC(=O)O.CC(=O)O.CC(=O)O.CC(=O)O.CC(=O)O.CCCCCCC(CO)C(=O)OCC.CCOC(C)=O. The molecule has 0 aromatic heterocycles. The van der Waals surface area contributed by atoms with Crippen LogP contribution < -0.4 is 0 Å². The van der Waals surface area contributed by atoms with Crippen molar-refractivity contribution in [3.63, 3.8) is 0 Å².